The molecule has 4 heteroatoms. The van der Waals surface area contributed by atoms with Crippen LogP contribution in [0.3, 0.4) is 0 Å². The van der Waals surface area contributed by atoms with Crippen molar-refractivity contribution in [3.8, 4) is 0 Å². The summed E-state index contributed by atoms with van der Waals surface area (Å²) in [5.41, 5.74) is 6.21. The molecule has 20 heavy (non-hydrogen) atoms. The second-order valence-electron chi connectivity index (χ2n) is 5.40. The summed E-state index contributed by atoms with van der Waals surface area (Å²) < 4.78 is 10.4. The molecule has 110 valence electrons. The van der Waals surface area contributed by atoms with Gasteiger partial charge in [-0.25, -0.2) is 0 Å². The smallest absolute Gasteiger partial charge is 0.317 e. The molecule has 1 fully saturated rings. The van der Waals surface area contributed by atoms with Crippen LogP contribution in [-0.2, 0) is 19.7 Å². The highest BCUT2D eigenvalue weighted by Gasteiger charge is 2.42. The minimum absolute atomic E-state index is 0.238. The molecule has 0 radical (unpaired) electrons. The van der Waals surface area contributed by atoms with Crippen LogP contribution >= 0.6 is 0 Å². The lowest BCUT2D eigenvalue weighted by Crippen LogP contribution is -2.46. The van der Waals surface area contributed by atoms with Gasteiger partial charge in [-0.2, -0.15) is 0 Å². The Balaban J connectivity index is 2.29. The van der Waals surface area contributed by atoms with E-state index in [0.29, 0.717) is 5.92 Å². The Morgan fingerprint density at radius 2 is 2.00 bits per heavy atom. The van der Waals surface area contributed by atoms with Gasteiger partial charge in [-0.15, -0.1) is 0 Å². The first kappa shape index (κ1) is 15.0. The summed E-state index contributed by atoms with van der Waals surface area (Å²) in [6.07, 6.45) is 2.68. The number of carbonyl (C=O) groups excluding carboxylic acids is 1. The maximum absolute atomic E-state index is 12.4. The molecule has 0 saturated carbocycles. The maximum atomic E-state index is 12.4. The van der Waals surface area contributed by atoms with Gasteiger partial charge in [0.15, 0.2) is 0 Å². The first-order valence-electron chi connectivity index (χ1n) is 7.14. The molecule has 2 N–H and O–H groups in total. The molecule has 1 saturated heterocycles. The Morgan fingerprint density at radius 3 is 2.55 bits per heavy atom. The average Bonchev–Trinajstić information content (AvgIpc) is 2.53. The molecule has 1 heterocycles. The summed E-state index contributed by atoms with van der Waals surface area (Å²) in [5.74, 6) is 0.212. The average molecular weight is 277 g/mol. The van der Waals surface area contributed by atoms with Crippen LogP contribution in [0.25, 0.3) is 0 Å². The van der Waals surface area contributed by atoms with Gasteiger partial charge in [0.05, 0.1) is 7.11 Å². The third-order valence-electron chi connectivity index (χ3n) is 4.23. The molecule has 0 bridgehead atoms. The number of esters is 1. The first-order valence-corrected chi connectivity index (χ1v) is 7.14. The molecule has 0 aliphatic carbocycles. The van der Waals surface area contributed by atoms with Crippen LogP contribution in [0.5, 0.6) is 0 Å². The summed E-state index contributed by atoms with van der Waals surface area (Å²) in [5, 5.41) is 0. The topological polar surface area (TPSA) is 61.5 Å². The van der Waals surface area contributed by atoms with Crippen molar-refractivity contribution >= 4 is 5.97 Å². The molecule has 0 aromatic heterocycles. The number of ether oxygens (including phenoxy) is 2. The van der Waals surface area contributed by atoms with Crippen LogP contribution in [0.2, 0.25) is 0 Å². The summed E-state index contributed by atoms with van der Waals surface area (Å²) in [7, 11) is 1.43. The van der Waals surface area contributed by atoms with E-state index < -0.39 is 5.41 Å². The molecular formula is C16H23NO3. The Morgan fingerprint density at radius 1 is 1.35 bits per heavy atom. The summed E-state index contributed by atoms with van der Waals surface area (Å²) in [6, 6.07) is 9.74. The highest BCUT2D eigenvalue weighted by atomic mass is 16.5. The van der Waals surface area contributed by atoms with Crippen LogP contribution < -0.4 is 5.73 Å². The van der Waals surface area contributed by atoms with Crippen molar-refractivity contribution in [3.05, 3.63) is 35.9 Å². The number of methoxy groups -OCH3 is 1. The molecule has 0 amide bonds. The highest BCUT2D eigenvalue weighted by Crippen LogP contribution is 2.35. The summed E-state index contributed by atoms with van der Waals surface area (Å²) >= 11 is 0. The van der Waals surface area contributed by atoms with E-state index in [4.69, 9.17) is 15.2 Å². The lowest BCUT2D eigenvalue weighted by atomic mass is 9.72. The monoisotopic (exact) mass is 277 g/mol. The Labute approximate surface area is 120 Å². The van der Waals surface area contributed by atoms with Crippen molar-refractivity contribution in [1.29, 1.82) is 0 Å². The Bertz CT molecular complexity index is 429. The molecular weight excluding hydrogens is 254 g/mol. The van der Waals surface area contributed by atoms with E-state index in [-0.39, 0.29) is 12.5 Å². The minimum atomic E-state index is -0.738. The molecule has 1 unspecified atom stereocenters. The van der Waals surface area contributed by atoms with E-state index in [2.05, 4.69) is 0 Å². The van der Waals surface area contributed by atoms with Gasteiger partial charge in [-0.3, -0.25) is 4.79 Å². The van der Waals surface area contributed by atoms with Gasteiger partial charge in [0, 0.05) is 19.8 Å². The van der Waals surface area contributed by atoms with Crippen molar-refractivity contribution < 1.29 is 14.3 Å². The van der Waals surface area contributed by atoms with Crippen LogP contribution in [0.15, 0.2) is 30.3 Å². The zero-order chi connectivity index (χ0) is 14.4. The van der Waals surface area contributed by atoms with Crippen LogP contribution in [0.4, 0.5) is 0 Å². The van der Waals surface area contributed by atoms with Gasteiger partial charge in [0.1, 0.15) is 5.41 Å². The fourth-order valence-corrected chi connectivity index (χ4v) is 3.00. The predicted octanol–water partition coefficient (Wildman–Crippen LogP) is 1.87. The van der Waals surface area contributed by atoms with Crippen molar-refractivity contribution in [2.75, 3.05) is 26.9 Å². The van der Waals surface area contributed by atoms with Gasteiger partial charge < -0.3 is 15.2 Å². The Hall–Kier alpha value is -1.39. The molecule has 1 aromatic rings. The number of rotatable bonds is 5. The van der Waals surface area contributed by atoms with E-state index >= 15 is 0 Å². The molecule has 1 aromatic carbocycles. The van der Waals surface area contributed by atoms with Gasteiger partial charge in [0.2, 0.25) is 0 Å². The molecule has 4 nitrogen and oxygen atoms in total. The van der Waals surface area contributed by atoms with Crippen molar-refractivity contribution in [3.63, 3.8) is 0 Å². The van der Waals surface area contributed by atoms with Crippen LogP contribution in [0, 0.1) is 5.92 Å². The quantitative estimate of drug-likeness (QED) is 0.835. The molecule has 2 rings (SSSR count). The maximum Gasteiger partial charge on any atom is 0.317 e. The highest BCUT2D eigenvalue weighted by molar-refractivity contribution is 5.83. The van der Waals surface area contributed by atoms with Gasteiger partial charge in [-0.1, -0.05) is 30.3 Å². The minimum Gasteiger partial charge on any atom is -0.468 e. The van der Waals surface area contributed by atoms with Crippen molar-refractivity contribution in [2.45, 2.75) is 24.7 Å². The number of carbonyl (C=O) groups is 1. The zero-order valence-electron chi connectivity index (χ0n) is 12.0. The van der Waals surface area contributed by atoms with E-state index in [1.54, 1.807) is 0 Å². The van der Waals surface area contributed by atoms with Crippen LogP contribution in [0.1, 0.15) is 24.8 Å². The third-order valence-corrected chi connectivity index (χ3v) is 4.23. The molecule has 1 atom stereocenters. The van der Waals surface area contributed by atoms with Gasteiger partial charge >= 0.3 is 5.97 Å². The zero-order valence-corrected chi connectivity index (χ0v) is 12.0. The van der Waals surface area contributed by atoms with Crippen LogP contribution in [-0.4, -0.2) is 32.8 Å². The molecule has 0 spiro atoms. The van der Waals surface area contributed by atoms with Gasteiger partial charge in [0.25, 0.3) is 0 Å². The van der Waals surface area contributed by atoms with E-state index in [1.165, 1.54) is 7.11 Å². The predicted molar refractivity (Wildman–Crippen MR) is 77.4 cm³/mol. The van der Waals surface area contributed by atoms with E-state index in [9.17, 15) is 4.79 Å². The lowest BCUT2D eigenvalue weighted by molar-refractivity contribution is -0.148. The second kappa shape index (κ2) is 6.86. The molecule has 1 aliphatic rings. The van der Waals surface area contributed by atoms with E-state index in [0.717, 1.165) is 38.0 Å². The SMILES string of the molecule is COC(=O)C(CN)(CC1CCOCC1)c1ccccc1. The Kier molecular flexibility index (Phi) is 5.15. The lowest BCUT2D eigenvalue weighted by Gasteiger charge is -2.35. The second-order valence-corrected chi connectivity index (χ2v) is 5.40. The number of hydrogen-bond donors (Lipinski definition) is 1. The summed E-state index contributed by atoms with van der Waals surface area (Å²) in [6.45, 7) is 1.80. The standard InChI is InChI=1S/C16H23NO3/c1-19-15(18)16(12-17,14-5-3-2-4-6-14)11-13-7-9-20-10-8-13/h2-6,13H,7-12,17H2,1H3. The van der Waals surface area contributed by atoms with Gasteiger partial charge in [-0.05, 0) is 30.7 Å². The van der Waals surface area contributed by atoms with Crippen molar-refractivity contribution in [1.82, 2.24) is 0 Å². The number of nitrogens with two attached hydrogens (primary N) is 1. The number of benzene rings is 1. The number of hydrogen-bond acceptors (Lipinski definition) is 4. The fourth-order valence-electron chi connectivity index (χ4n) is 3.00. The first-order chi connectivity index (χ1) is 9.73. The molecule has 1 aliphatic heterocycles. The fraction of sp³-hybridized carbons (Fsp3) is 0.562. The van der Waals surface area contributed by atoms with E-state index in [1.807, 2.05) is 30.3 Å². The normalized spacial score (nSPS) is 19.3. The summed E-state index contributed by atoms with van der Waals surface area (Å²) in [4.78, 5) is 12.4. The van der Waals surface area contributed by atoms with Crippen molar-refractivity contribution in [2.24, 2.45) is 11.7 Å². The largest absolute Gasteiger partial charge is 0.468 e. The third kappa shape index (κ3) is 3.02.